The number of rotatable bonds is 3. The van der Waals surface area contributed by atoms with Gasteiger partial charge in [-0.15, -0.1) is 0 Å². The molecular weight excluding hydrogens is 311 g/mol. The largest absolute Gasteiger partial charge is 0.451 e. The van der Waals surface area contributed by atoms with Crippen molar-refractivity contribution >= 4 is 11.6 Å². The van der Waals surface area contributed by atoms with Crippen molar-refractivity contribution in [2.24, 2.45) is 0 Å². The van der Waals surface area contributed by atoms with Gasteiger partial charge in [0.15, 0.2) is 0 Å². The van der Waals surface area contributed by atoms with E-state index in [-0.39, 0.29) is 24.2 Å². The number of hydrogen-bond donors (Lipinski definition) is 2. The Bertz CT molecular complexity index is 693. The van der Waals surface area contributed by atoms with Crippen molar-refractivity contribution in [2.45, 2.75) is 18.8 Å². The van der Waals surface area contributed by atoms with E-state index in [2.05, 4.69) is 20.6 Å². The molecule has 1 aromatic heterocycles. The third-order valence-electron chi connectivity index (χ3n) is 3.25. The number of amides is 1. The third kappa shape index (κ3) is 3.33. The minimum absolute atomic E-state index is 0.0165. The Kier molecular flexibility index (Phi) is 3.77. The maximum absolute atomic E-state index is 12.4. The first kappa shape index (κ1) is 15.1. The third-order valence-corrected chi connectivity index (χ3v) is 3.25. The SMILES string of the molecule is O=C(CC1=CC=CC2NC=CN12)Nc1cnc(C(F)(F)F)nc1. The van der Waals surface area contributed by atoms with E-state index < -0.39 is 12.0 Å². The predicted octanol–water partition coefficient (Wildman–Crippen LogP) is 1.98. The molecule has 1 aromatic rings. The number of anilines is 1. The molecule has 2 aliphatic rings. The van der Waals surface area contributed by atoms with Crippen LogP contribution in [0.15, 0.2) is 48.7 Å². The van der Waals surface area contributed by atoms with Crippen LogP contribution in [0.4, 0.5) is 18.9 Å². The number of fused-ring (bicyclic) bond motifs is 1. The summed E-state index contributed by atoms with van der Waals surface area (Å²) in [6.45, 7) is 0. The van der Waals surface area contributed by atoms with Gasteiger partial charge in [-0.1, -0.05) is 6.08 Å². The van der Waals surface area contributed by atoms with Crippen LogP contribution < -0.4 is 10.6 Å². The predicted molar refractivity (Wildman–Crippen MR) is 75.4 cm³/mol. The highest BCUT2D eigenvalue weighted by atomic mass is 19.4. The lowest BCUT2D eigenvalue weighted by atomic mass is 10.1. The second-order valence-corrected chi connectivity index (χ2v) is 4.90. The monoisotopic (exact) mass is 323 g/mol. The van der Waals surface area contributed by atoms with E-state index in [1.807, 2.05) is 23.3 Å². The first-order chi connectivity index (χ1) is 10.9. The van der Waals surface area contributed by atoms with Crippen LogP contribution in [0.5, 0.6) is 0 Å². The van der Waals surface area contributed by atoms with E-state index in [0.29, 0.717) is 0 Å². The van der Waals surface area contributed by atoms with Crippen molar-refractivity contribution in [3.63, 3.8) is 0 Å². The Morgan fingerprint density at radius 2 is 2.09 bits per heavy atom. The number of allylic oxidation sites excluding steroid dienone is 2. The van der Waals surface area contributed by atoms with Crippen molar-refractivity contribution in [3.8, 4) is 0 Å². The molecule has 2 N–H and O–H groups in total. The zero-order valence-electron chi connectivity index (χ0n) is 11.7. The molecule has 1 unspecified atom stereocenters. The standard InChI is InChI=1S/C14H12F3N5O/c15-14(16,17)13-19-7-9(8-20-13)21-12(23)6-10-2-1-3-11-18-4-5-22(10)11/h1-5,7-8,11,18H,6H2,(H,21,23). The van der Waals surface area contributed by atoms with Gasteiger partial charge < -0.3 is 15.5 Å². The number of carbonyl (C=O) groups excluding carboxylic acids is 1. The van der Waals surface area contributed by atoms with Crippen molar-refractivity contribution in [3.05, 3.63) is 54.5 Å². The van der Waals surface area contributed by atoms with E-state index >= 15 is 0 Å². The van der Waals surface area contributed by atoms with Gasteiger partial charge in [-0.25, -0.2) is 9.97 Å². The minimum Gasteiger partial charge on any atom is -0.366 e. The van der Waals surface area contributed by atoms with Crippen molar-refractivity contribution in [2.75, 3.05) is 5.32 Å². The molecule has 120 valence electrons. The number of nitrogens with zero attached hydrogens (tertiary/aromatic N) is 3. The average Bonchev–Trinajstić information content (AvgIpc) is 2.96. The molecule has 23 heavy (non-hydrogen) atoms. The summed E-state index contributed by atoms with van der Waals surface area (Å²) in [7, 11) is 0. The van der Waals surface area contributed by atoms with E-state index in [9.17, 15) is 18.0 Å². The van der Waals surface area contributed by atoms with Gasteiger partial charge in [0, 0.05) is 18.1 Å². The Morgan fingerprint density at radius 1 is 1.35 bits per heavy atom. The van der Waals surface area contributed by atoms with Gasteiger partial charge in [0.2, 0.25) is 11.7 Å². The summed E-state index contributed by atoms with van der Waals surface area (Å²) in [6.07, 6.45) is 6.49. The molecule has 0 fully saturated rings. The van der Waals surface area contributed by atoms with Crippen LogP contribution in [0.25, 0.3) is 0 Å². The number of carbonyl (C=O) groups is 1. The number of aromatic nitrogens is 2. The van der Waals surface area contributed by atoms with Gasteiger partial charge in [0.25, 0.3) is 0 Å². The van der Waals surface area contributed by atoms with Crippen molar-refractivity contribution in [1.82, 2.24) is 20.2 Å². The molecular formula is C14H12F3N5O. The van der Waals surface area contributed by atoms with Crippen LogP contribution in [-0.2, 0) is 11.0 Å². The van der Waals surface area contributed by atoms with Gasteiger partial charge in [-0.3, -0.25) is 4.79 Å². The lowest BCUT2D eigenvalue weighted by Crippen LogP contribution is -2.35. The molecule has 0 saturated heterocycles. The quantitative estimate of drug-likeness (QED) is 0.890. The normalized spacial score (nSPS) is 19.2. The van der Waals surface area contributed by atoms with Gasteiger partial charge in [-0.05, 0) is 12.2 Å². The lowest BCUT2D eigenvalue weighted by molar-refractivity contribution is -0.144. The lowest BCUT2D eigenvalue weighted by Gasteiger charge is -2.27. The Morgan fingerprint density at radius 3 is 2.78 bits per heavy atom. The number of nitrogens with one attached hydrogen (secondary N) is 2. The minimum atomic E-state index is -4.61. The summed E-state index contributed by atoms with van der Waals surface area (Å²) in [5.41, 5.74) is 0.880. The molecule has 9 heteroatoms. The van der Waals surface area contributed by atoms with Gasteiger partial charge in [0.1, 0.15) is 6.17 Å². The van der Waals surface area contributed by atoms with E-state index in [4.69, 9.17) is 0 Å². The summed E-state index contributed by atoms with van der Waals surface area (Å²) in [5, 5.41) is 5.57. The van der Waals surface area contributed by atoms with Crippen LogP contribution in [-0.4, -0.2) is 26.9 Å². The maximum atomic E-state index is 12.4. The van der Waals surface area contributed by atoms with E-state index in [0.717, 1.165) is 18.1 Å². The summed E-state index contributed by atoms with van der Waals surface area (Å²) in [5.74, 6) is -1.61. The second kappa shape index (κ2) is 5.75. The highest BCUT2D eigenvalue weighted by Gasteiger charge is 2.34. The topological polar surface area (TPSA) is 70.2 Å². The molecule has 0 aromatic carbocycles. The second-order valence-electron chi connectivity index (χ2n) is 4.90. The fraction of sp³-hybridized carbons (Fsp3) is 0.214. The Balaban J connectivity index is 1.62. The summed E-state index contributed by atoms with van der Waals surface area (Å²) in [6, 6.07) is 0. The zero-order valence-corrected chi connectivity index (χ0v) is 11.7. The Hall–Kier alpha value is -2.84. The van der Waals surface area contributed by atoms with Crippen molar-refractivity contribution < 1.29 is 18.0 Å². The Labute approximate surface area is 129 Å². The summed E-state index contributed by atoms with van der Waals surface area (Å²) in [4.78, 5) is 20.3. The highest BCUT2D eigenvalue weighted by Crippen LogP contribution is 2.26. The fourth-order valence-corrected chi connectivity index (χ4v) is 2.23. The summed E-state index contributed by atoms with van der Waals surface area (Å²) >= 11 is 0. The molecule has 0 spiro atoms. The smallest absolute Gasteiger partial charge is 0.366 e. The zero-order chi connectivity index (χ0) is 16.4. The first-order valence-corrected chi connectivity index (χ1v) is 6.71. The van der Waals surface area contributed by atoms with Crippen LogP contribution >= 0.6 is 0 Å². The highest BCUT2D eigenvalue weighted by molar-refractivity contribution is 5.92. The molecule has 2 aliphatic heterocycles. The molecule has 0 saturated carbocycles. The molecule has 3 heterocycles. The maximum Gasteiger partial charge on any atom is 0.451 e. The molecule has 1 amide bonds. The van der Waals surface area contributed by atoms with Gasteiger partial charge in [-0.2, -0.15) is 13.2 Å². The molecule has 1 atom stereocenters. The number of hydrogen-bond acceptors (Lipinski definition) is 5. The molecule has 0 radical (unpaired) electrons. The van der Waals surface area contributed by atoms with Gasteiger partial charge in [0.05, 0.1) is 24.5 Å². The van der Waals surface area contributed by atoms with E-state index in [1.165, 1.54) is 0 Å². The molecule has 3 rings (SSSR count). The van der Waals surface area contributed by atoms with Crippen LogP contribution in [0.1, 0.15) is 12.2 Å². The van der Waals surface area contributed by atoms with Crippen molar-refractivity contribution in [1.29, 1.82) is 0 Å². The van der Waals surface area contributed by atoms with Crippen LogP contribution in [0, 0.1) is 0 Å². The van der Waals surface area contributed by atoms with Gasteiger partial charge >= 0.3 is 6.18 Å². The molecule has 0 aliphatic carbocycles. The van der Waals surface area contributed by atoms with E-state index in [1.54, 1.807) is 12.3 Å². The fourth-order valence-electron chi connectivity index (χ4n) is 2.23. The molecule has 0 bridgehead atoms. The summed E-state index contributed by atoms with van der Waals surface area (Å²) < 4.78 is 37.1. The first-order valence-electron chi connectivity index (χ1n) is 6.71. The van der Waals surface area contributed by atoms with Crippen LogP contribution in [0.3, 0.4) is 0 Å². The van der Waals surface area contributed by atoms with Crippen LogP contribution in [0.2, 0.25) is 0 Å². The number of halogens is 3. The molecule has 6 nitrogen and oxygen atoms in total. The number of alkyl halides is 3. The average molecular weight is 323 g/mol.